The van der Waals surface area contributed by atoms with Gasteiger partial charge in [-0.2, -0.15) is 0 Å². The molecule has 2 saturated heterocycles. The van der Waals surface area contributed by atoms with Crippen molar-refractivity contribution in [2.75, 3.05) is 12.0 Å². The van der Waals surface area contributed by atoms with E-state index in [1.807, 2.05) is 30.6 Å². The van der Waals surface area contributed by atoms with Crippen molar-refractivity contribution < 1.29 is 9.47 Å². The van der Waals surface area contributed by atoms with Crippen LogP contribution in [0.4, 0.5) is 11.4 Å². The zero-order chi connectivity index (χ0) is 24.8. The summed E-state index contributed by atoms with van der Waals surface area (Å²) < 4.78 is 12.3. The van der Waals surface area contributed by atoms with Crippen LogP contribution in [0.15, 0.2) is 85.3 Å². The number of rotatable bonds is 5. The third-order valence-electron chi connectivity index (χ3n) is 8.16. The first-order valence-electron chi connectivity index (χ1n) is 13.1. The SMILES string of the molecule is COc1cccc2c1Oc1cc(-c3cccnc3)ccc1N2[C@H]1C[C@H]2CC[C@@H](C1)N2Cc1ccccn1. The highest BCUT2D eigenvalue weighted by Crippen LogP contribution is 2.54. The monoisotopic (exact) mass is 490 g/mol. The van der Waals surface area contributed by atoms with Crippen LogP contribution in [0, 0.1) is 0 Å². The molecule has 0 N–H and O–H groups in total. The topological polar surface area (TPSA) is 50.7 Å². The normalized spacial score (nSPS) is 22.2. The zero-order valence-corrected chi connectivity index (χ0v) is 21.0. The van der Waals surface area contributed by atoms with E-state index >= 15 is 0 Å². The molecule has 0 unspecified atom stereocenters. The van der Waals surface area contributed by atoms with Crippen LogP contribution in [-0.4, -0.2) is 40.1 Å². The van der Waals surface area contributed by atoms with E-state index in [9.17, 15) is 0 Å². The highest BCUT2D eigenvalue weighted by atomic mass is 16.5. The van der Waals surface area contributed by atoms with Gasteiger partial charge in [0.05, 0.1) is 24.2 Å². The lowest BCUT2D eigenvalue weighted by atomic mass is 9.93. The first kappa shape index (κ1) is 22.3. The van der Waals surface area contributed by atoms with Crippen LogP contribution < -0.4 is 14.4 Å². The maximum atomic E-state index is 6.55. The fraction of sp³-hybridized carbons (Fsp3) is 0.290. The number of aromatic nitrogens is 2. The number of piperidine rings is 1. The first-order chi connectivity index (χ1) is 18.3. The van der Waals surface area contributed by atoms with Crippen molar-refractivity contribution in [3.63, 3.8) is 0 Å². The van der Waals surface area contributed by atoms with E-state index in [2.05, 4.69) is 68.3 Å². The van der Waals surface area contributed by atoms with Crippen molar-refractivity contribution >= 4 is 11.4 Å². The molecule has 186 valence electrons. The molecule has 0 saturated carbocycles. The number of hydrogen-bond donors (Lipinski definition) is 0. The summed E-state index contributed by atoms with van der Waals surface area (Å²) >= 11 is 0. The summed E-state index contributed by atoms with van der Waals surface area (Å²) in [4.78, 5) is 14.1. The fourth-order valence-corrected chi connectivity index (χ4v) is 6.49. The number of fused-ring (bicyclic) bond motifs is 4. The van der Waals surface area contributed by atoms with Gasteiger partial charge in [-0.25, -0.2) is 0 Å². The number of hydrogen-bond acceptors (Lipinski definition) is 6. The standard InChI is InChI=1S/C31H30N4O2/c1-36-29-9-4-8-28-31(29)37-30-16-21(22-6-5-14-32-19-22)10-13-27(30)35(28)26-17-24-11-12-25(18-26)34(24)20-23-7-2-3-15-33-23/h2-10,13-16,19,24-26H,11-12,17-18,20H2,1H3/t24-,25+,26+. The third-order valence-corrected chi connectivity index (χ3v) is 8.16. The summed E-state index contributed by atoms with van der Waals surface area (Å²) in [5, 5.41) is 0. The molecule has 3 atom stereocenters. The Labute approximate surface area is 217 Å². The molecule has 2 aromatic heterocycles. The summed E-state index contributed by atoms with van der Waals surface area (Å²) in [6, 6.07) is 24.5. The Kier molecular flexibility index (Phi) is 5.55. The summed E-state index contributed by atoms with van der Waals surface area (Å²) in [7, 11) is 1.71. The number of pyridine rings is 2. The van der Waals surface area contributed by atoms with E-state index < -0.39 is 0 Å². The van der Waals surface area contributed by atoms with E-state index in [4.69, 9.17) is 9.47 Å². The van der Waals surface area contributed by atoms with Crippen LogP contribution in [0.1, 0.15) is 31.4 Å². The van der Waals surface area contributed by atoms with Crippen molar-refractivity contribution in [1.29, 1.82) is 0 Å². The minimum atomic E-state index is 0.384. The number of anilines is 2. The minimum Gasteiger partial charge on any atom is -0.493 e. The Hall–Kier alpha value is -3.90. The average Bonchev–Trinajstić information content (AvgIpc) is 3.17. The quantitative estimate of drug-likeness (QED) is 0.315. The van der Waals surface area contributed by atoms with Crippen LogP contribution >= 0.6 is 0 Å². The van der Waals surface area contributed by atoms with Gasteiger partial charge >= 0.3 is 0 Å². The van der Waals surface area contributed by atoms with Crippen LogP contribution in [0.5, 0.6) is 17.2 Å². The lowest BCUT2D eigenvalue weighted by molar-refractivity contribution is 0.118. The van der Waals surface area contributed by atoms with Gasteiger partial charge in [-0.3, -0.25) is 14.9 Å². The van der Waals surface area contributed by atoms with Gasteiger partial charge < -0.3 is 14.4 Å². The molecule has 4 aromatic rings. The van der Waals surface area contributed by atoms with Gasteiger partial charge in [0.15, 0.2) is 17.2 Å². The summed E-state index contributed by atoms with van der Waals surface area (Å²) in [5.74, 6) is 2.42. The molecule has 5 heterocycles. The molecule has 3 aliphatic heterocycles. The molecule has 0 spiro atoms. The molecule has 6 heteroatoms. The number of methoxy groups -OCH3 is 1. The number of nitrogens with zero attached hydrogens (tertiary/aromatic N) is 4. The van der Waals surface area contributed by atoms with Gasteiger partial charge in [0.1, 0.15) is 0 Å². The Morgan fingerprint density at radius 3 is 2.51 bits per heavy atom. The van der Waals surface area contributed by atoms with Gasteiger partial charge in [0.2, 0.25) is 0 Å². The summed E-state index contributed by atoms with van der Waals surface area (Å²) in [6.45, 7) is 0.932. The van der Waals surface area contributed by atoms with Gasteiger partial charge in [0.25, 0.3) is 0 Å². The predicted molar refractivity (Wildman–Crippen MR) is 144 cm³/mol. The Morgan fingerprint density at radius 1 is 0.865 bits per heavy atom. The molecule has 37 heavy (non-hydrogen) atoms. The molecule has 2 fully saturated rings. The second kappa shape index (κ2) is 9.20. The van der Waals surface area contributed by atoms with E-state index in [-0.39, 0.29) is 0 Å². The smallest absolute Gasteiger partial charge is 0.192 e. The largest absolute Gasteiger partial charge is 0.493 e. The molecule has 3 aliphatic rings. The molecular formula is C31H30N4O2. The van der Waals surface area contributed by atoms with Crippen molar-refractivity contribution in [2.45, 2.75) is 50.4 Å². The summed E-state index contributed by atoms with van der Waals surface area (Å²) in [5.41, 5.74) is 5.54. The van der Waals surface area contributed by atoms with Gasteiger partial charge in [-0.1, -0.05) is 24.3 Å². The van der Waals surface area contributed by atoms with Crippen LogP contribution in [0.2, 0.25) is 0 Å². The molecule has 2 aromatic carbocycles. The van der Waals surface area contributed by atoms with Crippen molar-refractivity contribution in [3.05, 3.63) is 91.0 Å². The number of benzene rings is 2. The molecule has 6 nitrogen and oxygen atoms in total. The molecule has 0 aliphatic carbocycles. The van der Waals surface area contributed by atoms with Crippen LogP contribution in [-0.2, 0) is 6.54 Å². The summed E-state index contributed by atoms with van der Waals surface area (Å²) in [6.07, 6.45) is 10.3. The molecule has 0 amide bonds. The second-order valence-electron chi connectivity index (χ2n) is 10.2. The highest BCUT2D eigenvalue weighted by Gasteiger charge is 2.44. The average molecular weight is 491 g/mol. The lowest BCUT2D eigenvalue weighted by Crippen LogP contribution is -2.49. The van der Waals surface area contributed by atoms with Crippen molar-refractivity contribution in [2.24, 2.45) is 0 Å². The maximum Gasteiger partial charge on any atom is 0.192 e. The lowest BCUT2D eigenvalue weighted by Gasteiger charge is -2.46. The van der Waals surface area contributed by atoms with Gasteiger partial charge in [-0.05, 0) is 73.7 Å². The van der Waals surface area contributed by atoms with Gasteiger partial charge in [0, 0.05) is 48.8 Å². The van der Waals surface area contributed by atoms with Crippen LogP contribution in [0.3, 0.4) is 0 Å². The van der Waals surface area contributed by atoms with E-state index in [1.54, 1.807) is 13.3 Å². The Morgan fingerprint density at radius 2 is 1.76 bits per heavy atom. The number of para-hydroxylation sites is 1. The fourth-order valence-electron chi connectivity index (χ4n) is 6.49. The van der Waals surface area contributed by atoms with Gasteiger partial charge in [-0.15, -0.1) is 0 Å². The third kappa shape index (κ3) is 3.92. The van der Waals surface area contributed by atoms with E-state index in [1.165, 1.54) is 12.8 Å². The van der Waals surface area contributed by atoms with Crippen molar-refractivity contribution in [3.8, 4) is 28.4 Å². The minimum absolute atomic E-state index is 0.384. The zero-order valence-electron chi connectivity index (χ0n) is 21.0. The maximum absolute atomic E-state index is 6.55. The molecule has 2 bridgehead atoms. The first-order valence-corrected chi connectivity index (χ1v) is 13.1. The molecular weight excluding hydrogens is 460 g/mol. The Balaban J connectivity index is 1.25. The van der Waals surface area contributed by atoms with Crippen LogP contribution in [0.25, 0.3) is 11.1 Å². The highest BCUT2D eigenvalue weighted by molar-refractivity contribution is 5.83. The second-order valence-corrected chi connectivity index (χ2v) is 10.2. The van der Waals surface area contributed by atoms with E-state index in [0.29, 0.717) is 18.1 Å². The molecule has 0 radical (unpaired) electrons. The molecule has 7 rings (SSSR count). The number of ether oxygens (including phenoxy) is 2. The van der Waals surface area contributed by atoms with Crippen molar-refractivity contribution in [1.82, 2.24) is 14.9 Å². The van der Waals surface area contributed by atoms with E-state index in [0.717, 1.165) is 64.8 Å². The Bertz CT molecular complexity index is 1400. The predicted octanol–water partition coefficient (Wildman–Crippen LogP) is 6.59.